The van der Waals surface area contributed by atoms with Crippen LogP contribution in [0.4, 0.5) is 11.4 Å². The van der Waals surface area contributed by atoms with E-state index in [9.17, 15) is 4.79 Å². The van der Waals surface area contributed by atoms with Crippen LogP contribution in [0, 0.1) is 0 Å². The lowest BCUT2D eigenvalue weighted by Crippen LogP contribution is -2.28. The molecular formula is C14H16ClN3O. The van der Waals surface area contributed by atoms with Gasteiger partial charge in [0.25, 0.3) is 0 Å². The maximum Gasteiger partial charge on any atom is 0.223 e. The zero-order chi connectivity index (χ0) is 13.6. The molecule has 1 spiro atoms. The first-order valence-corrected chi connectivity index (χ1v) is 6.91. The number of amides is 1. The number of alkyl halides is 1. The topological polar surface area (TPSA) is 58.7 Å². The van der Waals surface area contributed by atoms with E-state index in [1.807, 2.05) is 17.0 Å². The van der Waals surface area contributed by atoms with Crippen LogP contribution in [0.2, 0.25) is 0 Å². The Kier molecular flexibility index (Phi) is 2.78. The van der Waals surface area contributed by atoms with Crippen molar-refractivity contribution in [2.24, 2.45) is 10.7 Å². The molecule has 1 saturated carbocycles. The number of fused-ring (bicyclic) bond motifs is 2. The van der Waals surface area contributed by atoms with Gasteiger partial charge in [-0.1, -0.05) is 6.07 Å². The molecule has 2 aliphatic rings. The largest absolute Gasteiger partial charge is 0.386 e. The number of nitrogens with zero attached hydrogens (tertiary/aromatic N) is 2. The second kappa shape index (κ2) is 4.23. The Morgan fingerprint density at radius 1 is 1.53 bits per heavy atom. The number of nitrogens with two attached hydrogens (primary N) is 1. The number of anilines is 1. The van der Waals surface area contributed by atoms with E-state index in [-0.39, 0.29) is 17.2 Å². The van der Waals surface area contributed by atoms with Crippen LogP contribution >= 0.6 is 11.6 Å². The van der Waals surface area contributed by atoms with Crippen LogP contribution in [0.3, 0.4) is 0 Å². The molecule has 0 atom stereocenters. The quantitative estimate of drug-likeness (QED) is 0.512. The standard InChI is InChI=1S/C14H16ClN3O/c1-9(19)18-8-14(4-5-14)11-3-2-10(6-12(11)18)17-13(16)7-15/h2-3,6H,4-5,7-8H2,1H3,(H2,16,17). The first-order chi connectivity index (χ1) is 9.05. The number of carbonyl (C=O) groups is 1. The molecule has 3 rings (SSSR count). The predicted molar refractivity (Wildman–Crippen MR) is 77.4 cm³/mol. The van der Waals surface area contributed by atoms with Crippen molar-refractivity contribution in [3.63, 3.8) is 0 Å². The van der Waals surface area contributed by atoms with Gasteiger partial charge in [-0.05, 0) is 30.5 Å². The molecule has 19 heavy (non-hydrogen) atoms. The minimum absolute atomic E-state index is 0.0801. The van der Waals surface area contributed by atoms with Gasteiger partial charge < -0.3 is 10.6 Å². The highest BCUT2D eigenvalue weighted by Gasteiger charge is 2.52. The monoisotopic (exact) mass is 277 g/mol. The van der Waals surface area contributed by atoms with Crippen molar-refractivity contribution < 1.29 is 4.79 Å². The smallest absolute Gasteiger partial charge is 0.223 e. The van der Waals surface area contributed by atoms with E-state index in [2.05, 4.69) is 11.1 Å². The molecule has 1 amide bonds. The molecule has 1 aliphatic heterocycles. The fourth-order valence-electron chi connectivity index (χ4n) is 2.79. The van der Waals surface area contributed by atoms with E-state index in [0.29, 0.717) is 5.84 Å². The highest BCUT2D eigenvalue weighted by molar-refractivity contribution is 6.28. The fourth-order valence-corrected chi connectivity index (χ4v) is 2.85. The number of aliphatic imine (C=N–C) groups is 1. The number of amidine groups is 1. The van der Waals surface area contributed by atoms with Gasteiger partial charge in [-0.15, -0.1) is 11.6 Å². The number of benzene rings is 1. The predicted octanol–water partition coefficient (Wildman–Crippen LogP) is 2.31. The van der Waals surface area contributed by atoms with Gasteiger partial charge >= 0.3 is 0 Å². The van der Waals surface area contributed by atoms with Crippen molar-refractivity contribution in [2.75, 3.05) is 17.3 Å². The van der Waals surface area contributed by atoms with Crippen LogP contribution in [0.25, 0.3) is 0 Å². The van der Waals surface area contributed by atoms with Crippen LogP contribution in [-0.2, 0) is 10.2 Å². The SMILES string of the molecule is CC(=O)N1CC2(CC2)c2ccc(N=C(N)CCl)cc21. The van der Waals surface area contributed by atoms with Gasteiger partial charge in [0.15, 0.2) is 0 Å². The number of hydrogen-bond donors (Lipinski definition) is 1. The highest BCUT2D eigenvalue weighted by Crippen LogP contribution is 2.56. The Balaban J connectivity index is 2.04. The lowest BCUT2D eigenvalue weighted by molar-refractivity contribution is -0.116. The molecule has 2 N–H and O–H groups in total. The second-order valence-corrected chi connectivity index (χ2v) is 5.59. The van der Waals surface area contributed by atoms with E-state index in [1.165, 1.54) is 5.56 Å². The normalized spacial score (nSPS) is 19.7. The number of rotatable bonds is 2. The van der Waals surface area contributed by atoms with Crippen molar-refractivity contribution in [1.29, 1.82) is 0 Å². The van der Waals surface area contributed by atoms with Gasteiger partial charge in [-0.25, -0.2) is 4.99 Å². The molecule has 1 aliphatic carbocycles. The molecule has 1 aromatic rings. The van der Waals surface area contributed by atoms with Crippen molar-refractivity contribution in [3.8, 4) is 0 Å². The summed E-state index contributed by atoms with van der Waals surface area (Å²) in [6, 6.07) is 5.96. The Morgan fingerprint density at radius 3 is 2.84 bits per heavy atom. The van der Waals surface area contributed by atoms with Gasteiger partial charge in [0, 0.05) is 24.6 Å². The number of hydrogen-bond acceptors (Lipinski definition) is 2. The van der Waals surface area contributed by atoms with Crippen molar-refractivity contribution in [2.45, 2.75) is 25.2 Å². The van der Waals surface area contributed by atoms with Crippen molar-refractivity contribution in [3.05, 3.63) is 23.8 Å². The Bertz CT molecular complexity index is 578. The van der Waals surface area contributed by atoms with Crippen molar-refractivity contribution in [1.82, 2.24) is 0 Å². The molecule has 1 heterocycles. The number of carbonyl (C=O) groups excluding carboxylic acids is 1. The summed E-state index contributed by atoms with van der Waals surface area (Å²) < 4.78 is 0. The molecule has 4 nitrogen and oxygen atoms in total. The summed E-state index contributed by atoms with van der Waals surface area (Å²) in [6.07, 6.45) is 2.33. The van der Waals surface area contributed by atoms with Gasteiger partial charge in [0.1, 0.15) is 5.84 Å². The Hall–Kier alpha value is -1.55. The van der Waals surface area contributed by atoms with Gasteiger partial charge in [-0.2, -0.15) is 0 Å². The summed E-state index contributed by atoms with van der Waals surface area (Å²) in [7, 11) is 0. The third kappa shape index (κ3) is 2.00. The van der Waals surface area contributed by atoms with E-state index in [1.54, 1.807) is 6.92 Å². The minimum Gasteiger partial charge on any atom is -0.386 e. The van der Waals surface area contributed by atoms with Crippen LogP contribution < -0.4 is 10.6 Å². The summed E-state index contributed by atoms with van der Waals surface area (Å²) in [5.74, 6) is 0.670. The third-order valence-corrected chi connectivity index (χ3v) is 4.22. The Morgan fingerprint density at radius 2 is 2.26 bits per heavy atom. The van der Waals surface area contributed by atoms with Gasteiger partial charge in [0.05, 0.1) is 11.6 Å². The molecular weight excluding hydrogens is 262 g/mol. The lowest BCUT2D eigenvalue weighted by Gasteiger charge is -2.15. The zero-order valence-corrected chi connectivity index (χ0v) is 11.6. The van der Waals surface area contributed by atoms with Gasteiger partial charge in [0.2, 0.25) is 5.91 Å². The average Bonchev–Trinajstić information content (AvgIpc) is 3.08. The third-order valence-electron chi connectivity index (χ3n) is 3.95. The fraction of sp³-hybridized carbons (Fsp3) is 0.429. The first-order valence-electron chi connectivity index (χ1n) is 6.37. The molecule has 1 fully saturated rings. The van der Waals surface area contributed by atoms with E-state index in [4.69, 9.17) is 17.3 Å². The summed E-state index contributed by atoms with van der Waals surface area (Å²) in [4.78, 5) is 17.8. The second-order valence-electron chi connectivity index (χ2n) is 5.32. The zero-order valence-electron chi connectivity index (χ0n) is 10.8. The minimum atomic E-state index is 0.0801. The highest BCUT2D eigenvalue weighted by atomic mass is 35.5. The van der Waals surface area contributed by atoms with Gasteiger partial charge in [-0.3, -0.25) is 4.79 Å². The molecule has 100 valence electrons. The molecule has 0 radical (unpaired) electrons. The number of halogens is 1. The summed E-state index contributed by atoms with van der Waals surface area (Å²) in [5.41, 5.74) is 8.86. The van der Waals surface area contributed by atoms with E-state index < -0.39 is 0 Å². The average molecular weight is 278 g/mol. The van der Waals surface area contributed by atoms with E-state index in [0.717, 1.165) is 30.8 Å². The van der Waals surface area contributed by atoms with E-state index >= 15 is 0 Å². The van der Waals surface area contributed by atoms with Crippen molar-refractivity contribution >= 4 is 34.7 Å². The lowest BCUT2D eigenvalue weighted by atomic mass is 9.98. The molecule has 0 unspecified atom stereocenters. The van der Waals surface area contributed by atoms with Crippen LogP contribution in [0.1, 0.15) is 25.3 Å². The molecule has 0 aromatic heterocycles. The molecule has 0 saturated heterocycles. The van der Waals surface area contributed by atoms with Crippen LogP contribution in [0.15, 0.2) is 23.2 Å². The summed E-state index contributed by atoms with van der Waals surface area (Å²) in [6.45, 7) is 2.41. The maximum absolute atomic E-state index is 11.8. The molecule has 1 aromatic carbocycles. The van der Waals surface area contributed by atoms with Crippen LogP contribution in [0.5, 0.6) is 0 Å². The molecule has 0 bridgehead atoms. The first kappa shape index (κ1) is 12.5. The summed E-state index contributed by atoms with van der Waals surface area (Å²) in [5, 5.41) is 0. The summed E-state index contributed by atoms with van der Waals surface area (Å²) >= 11 is 5.63. The maximum atomic E-state index is 11.8. The van der Waals surface area contributed by atoms with Crippen LogP contribution in [-0.4, -0.2) is 24.2 Å². The molecule has 5 heteroatoms. The Labute approximate surface area is 117 Å².